The summed E-state index contributed by atoms with van der Waals surface area (Å²) in [5.41, 5.74) is 0.553. The van der Waals surface area contributed by atoms with Crippen LogP contribution < -0.4 is 4.74 Å². The van der Waals surface area contributed by atoms with Gasteiger partial charge in [0.25, 0.3) is 0 Å². The van der Waals surface area contributed by atoms with Gasteiger partial charge >= 0.3 is 5.97 Å². The quantitative estimate of drug-likeness (QED) is 0.302. The number of carbonyl (C=O) groups is 1. The zero-order chi connectivity index (χ0) is 17.5. The van der Waals surface area contributed by atoms with Crippen LogP contribution in [0, 0.1) is 0 Å². The predicted octanol–water partition coefficient (Wildman–Crippen LogP) is 6.16. The molecule has 0 spiro atoms. The number of ether oxygens (including phenoxy) is 2. The Morgan fingerprint density at radius 1 is 0.875 bits per heavy atom. The molecule has 1 rings (SSSR count). The van der Waals surface area contributed by atoms with Crippen LogP contribution in [-0.4, -0.2) is 19.7 Å². The van der Waals surface area contributed by atoms with Crippen molar-refractivity contribution in [1.82, 2.24) is 0 Å². The first kappa shape index (κ1) is 20.5. The molecule has 0 fully saturated rings. The SMILES string of the molecule is CCCCCCCCCCCCCOC(=O)c1cccc(OC)c1. The fraction of sp³-hybridized carbons (Fsp3) is 0.667. The molecule has 0 unspecified atom stereocenters. The van der Waals surface area contributed by atoms with Crippen molar-refractivity contribution >= 4 is 5.97 Å². The molecule has 0 heterocycles. The van der Waals surface area contributed by atoms with Crippen LogP contribution in [0.4, 0.5) is 0 Å². The summed E-state index contributed by atoms with van der Waals surface area (Å²) in [5, 5.41) is 0. The Hall–Kier alpha value is -1.51. The summed E-state index contributed by atoms with van der Waals surface area (Å²) in [6.07, 6.45) is 14.2. The van der Waals surface area contributed by atoms with E-state index in [1.807, 2.05) is 6.07 Å². The van der Waals surface area contributed by atoms with E-state index in [1.54, 1.807) is 25.3 Å². The monoisotopic (exact) mass is 334 g/mol. The number of carbonyl (C=O) groups excluding carboxylic acids is 1. The van der Waals surface area contributed by atoms with Crippen LogP contribution in [0.2, 0.25) is 0 Å². The van der Waals surface area contributed by atoms with Crippen molar-refractivity contribution in [3.8, 4) is 5.75 Å². The van der Waals surface area contributed by atoms with Crippen molar-refractivity contribution in [2.24, 2.45) is 0 Å². The Morgan fingerprint density at radius 3 is 2.04 bits per heavy atom. The summed E-state index contributed by atoms with van der Waals surface area (Å²) in [4.78, 5) is 11.9. The first-order valence-electron chi connectivity index (χ1n) is 9.59. The van der Waals surface area contributed by atoms with Gasteiger partial charge in [-0.1, -0.05) is 77.2 Å². The highest BCUT2D eigenvalue weighted by molar-refractivity contribution is 5.89. The van der Waals surface area contributed by atoms with E-state index in [1.165, 1.54) is 57.8 Å². The lowest BCUT2D eigenvalue weighted by Gasteiger charge is -2.06. The molecule has 1 aromatic carbocycles. The highest BCUT2D eigenvalue weighted by Gasteiger charge is 2.07. The Balaban J connectivity index is 1.95. The molecule has 0 amide bonds. The Morgan fingerprint density at radius 2 is 1.46 bits per heavy atom. The lowest BCUT2D eigenvalue weighted by Crippen LogP contribution is -2.06. The van der Waals surface area contributed by atoms with E-state index in [4.69, 9.17) is 9.47 Å². The van der Waals surface area contributed by atoms with E-state index in [0.717, 1.165) is 12.8 Å². The fourth-order valence-electron chi connectivity index (χ4n) is 2.76. The minimum absolute atomic E-state index is 0.263. The summed E-state index contributed by atoms with van der Waals surface area (Å²) in [7, 11) is 1.59. The molecule has 24 heavy (non-hydrogen) atoms. The minimum atomic E-state index is -0.263. The molecule has 0 bridgehead atoms. The molecule has 0 saturated carbocycles. The molecule has 0 aliphatic heterocycles. The zero-order valence-electron chi connectivity index (χ0n) is 15.5. The van der Waals surface area contributed by atoms with Crippen LogP contribution in [0.3, 0.4) is 0 Å². The van der Waals surface area contributed by atoms with Crippen LogP contribution >= 0.6 is 0 Å². The molecule has 0 aromatic heterocycles. The van der Waals surface area contributed by atoms with E-state index >= 15 is 0 Å². The molecule has 0 radical (unpaired) electrons. The molecule has 0 aliphatic rings. The second kappa shape index (κ2) is 13.9. The lowest BCUT2D eigenvalue weighted by molar-refractivity contribution is 0.0497. The predicted molar refractivity (Wildman–Crippen MR) is 99.7 cm³/mol. The van der Waals surface area contributed by atoms with Gasteiger partial charge in [-0.05, 0) is 24.6 Å². The van der Waals surface area contributed by atoms with Crippen LogP contribution in [0.15, 0.2) is 24.3 Å². The topological polar surface area (TPSA) is 35.5 Å². The largest absolute Gasteiger partial charge is 0.497 e. The maximum absolute atomic E-state index is 11.9. The third kappa shape index (κ3) is 9.59. The summed E-state index contributed by atoms with van der Waals surface area (Å²) in [5.74, 6) is 0.417. The third-order valence-corrected chi connectivity index (χ3v) is 4.29. The molecule has 3 nitrogen and oxygen atoms in total. The van der Waals surface area contributed by atoms with Gasteiger partial charge in [0.15, 0.2) is 0 Å². The number of esters is 1. The standard InChI is InChI=1S/C21H34O3/c1-3-4-5-6-7-8-9-10-11-12-13-17-24-21(22)19-15-14-16-20(18-19)23-2/h14-16,18H,3-13,17H2,1-2H3. The first-order chi connectivity index (χ1) is 11.8. The number of benzene rings is 1. The van der Waals surface area contributed by atoms with E-state index in [0.29, 0.717) is 17.9 Å². The number of hydrogen-bond donors (Lipinski definition) is 0. The van der Waals surface area contributed by atoms with Gasteiger partial charge < -0.3 is 9.47 Å². The summed E-state index contributed by atoms with van der Waals surface area (Å²) in [6, 6.07) is 7.09. The maximum Gasteiger partial charge on any atom is 0.338 e. The van der Waals surface area contributed by atoms with E-state index in [2.05, 4.69) is 6.92 Å². The van der Waals surface area contributed by atoms with Crippen LogP contribution in [-0.2, 0) is 4.74 Å². The van der Waals surface area contributed by atoms with Crippen LogP contribution in [0.5, 0.6) is 5.75 Å². The average Bonchev–Trinajstić information content (AvgIpc) is 2.62. The van der Waals surface area contributed by atoms with Crippen LogP contribution in [0.25, 0.3) is 0 Å². The molecule has 0 saturated heterocycles. The van der Waals surface area contributed by atoms with Crippen molar-refractivity contribution in [3.05, 3.63) is 29.8 Å². The van der Waals surface area contributed by atoms with Gasteiger partial charge in [-0.25, -0.2) is 4.79 Å². The first-order valence-corrected chi connectivity index (χ1v) is 9.59. The molecular formula is C21H34O3. The molecule has 0 N–H and O–H groups in total. The third-order valence-electron chi connectivity index (χ3n) is 4.29. The molecule has 136 valence electrons. The van der Waals surface area contributed by atoms with E-state index in [-0.39, 0.29) is 5.97 Å². The second-order valence-electron chi connectivity index (χ2n) is 6.40. The lowest BCUT2D eigenvalue weighted by atomic mass is 10.1. The summed E-state index contributed by atoms with van der Waals surface area (Å²) >= 11 is 0. The summed E-state index contributed by atoms with van der Waals surface area (Å²) < 4.78 is 10.4. The number of methoxy groups -OCH3 is 1. The van der Waals surface area contributed by atoms with Crippen molar-refractivity contribution < 1.29 is 14.3 Å². The van der Waals surface area contributed by atoms with Crippen molar-refractivity contribution in [3.63, 3.8) is 0 Å². The highest BCUT2D eigenvalue weighted by atomic mass is 16.5. The smallest absolute Gasteiger partial charge is 0.338 e. The highest BCUT2D eigenvalue weighted by Crippen LogP contribution is 2.14. The number of rotatable bonds is 14. The van der Waals surface area contributed by atoms with Gasteiger partial charge in [0.2, 0.25) is 0 Å². The van der Waals surface area contributed by atoms with Crippen molar-refractivity contribution in [2.75, 3.05) is 13.7 Å². The zero-order valence-corrected chi connectivity index (χ0v) is 15.5. The number of unbranched alkanes of at least 4 members (excludes halogenated alkanes) is 10. The van der Waals surface area contributed by atoms with Crippen LogP contribution in [0.1, 0.15) is 87.9 Å². The van der Waals surface area contributed by atoms with Gasteiger partial charge in [0.1, 0.15) is 5.75 Å². The minimum Gasteiger partial charge on any atom is -0.497 e. The van der Waals surface area contributed by atoms with Gasteiger partial charge in [0.05, 0.1) is 19.3 Å². The molecular weight excluding hydrogens is 300 g/mol. The normalized spacial score (nSPS) is 10.6. The van der Waals surface area contributed by atoms with E-state index in [9.17, 15) is 4.79 Å². The van der Waals surface area contributed by atoms with Gasteiger partial charge in [-0.15, -0.1) is 0 Å². The Bertz CT molecular complexity index is 442. The number of hydrogen-bond acceptors (Lipinski definition) is 3. The Kier molecular flexibility index (Phi) is 11.9. The van der Waals surface area contributed by atoms with Gasteiger partial charge in [-0.3, -0.25) is 0 Å². The maximum atomic E-state index is 11.9. The second-order valence-corrected chi connectivity index (χ2v) is 6.40. The average molecular weight is 334 g/mol. The molecule has 0 aliphatic carbocycles. The Labute approximate surface area is 147 Å². The molecule has 3 heteroatoms. The fourth-order valence-corrected chi connectivity index (χ4v) is 2.76. The molecule has 1 aromatic rings. The van der Waals surface area contributed by atoms with Gasteiger partial charge in [0, 0.05) is 0 Å². The van der Waals surface area contributed by atoms with Crippen molar-refractivity contribution in [2.45, 2.75) is 77.6 Å². The van der Waals surface area contributed by atoms with E-state index < -0.39 is 0 Å². The van der Waals surface area contributed by atoms with Gasteiger partial charge in [-0.2, -0.15) is 0 Å². The molecule has 0 atom stereocenters. The summed E-state index contributed by atoms with van der Waals surface area (Å²) in [6.45, 7) is 2.76. The van der Waals surface area contributed by atoms with Crippen molar-refractivity contribution in [1.29, 1.82) is 0 Å².